The molecule has 1 amide bonds. The van der Waals surface area contributed by atoms with Crippen LogP contribution in [0.2, 0.25) is 0 Å². The third-order valence-electron chi connectivity index (χ3n) is 4.06. The number of hydrogen-bond donors (Lipinski definition) is 2. The van der Waals surface area contributed by atoms with Gasteiger partial charge in [-0.1, -0.05) is 30.7 Å². The number of amides is 1. The molecular formula is C18H22N8O3. The minimum Gasteiger partial charge on any atom is -0.493 e. The van der Waals surface area contributed by atoms with Crippen molar-refractivity contribution in [3.05, 3.63) is 41.2 Å². The van der Waals surface area contributed by atoms with Gasteiger partial charge >= 0.3 is 0 Å². The van der Waals surface area contributed by atoms with E-state index in [2.05, 4.69) is 35.8 Å². The maximum Gasteiger partial charge on any atom is 0.293 e. The molecule has 3 N–H and O–H groups in total. The second-order valence-corrected chi connectivity index (χ2v) is 6.09. The van der Waals surface area contributed by atoms with Crippen molar-refractivity contribution in [2.75, 3.05) is 12.3 Å². The summed E-state index contributed by atoms with van der Waals surface area (Å²) in [6.45, 7) is 6.18. The van der Waals surface area contributed by atoms with Crippen molar-refractivity contribution >= 4 is 17.4 Å². The Balaban J connectivity index is 1.85. The van der Waals surface area contributed by atoms with Crippen LogP contribution >= 0.6 is 0 Å². The van der Waals surface area contributed by atoms with Crippen LogP contribution in [0.1, 0.15) is 48.9 Å². The molecule has 11 heteroatoms. The number of ether oxygens (including phenoxy) is 1. The Morgan fingerprint density at radius 2 is 2.10 bits per heavy atom. The number of rotatable bonds is 8. The Morgan fingerprint density at radius 1 is 1.31 bits per heavy atom. The third-order valence-corrected chi connectivity index (χ3v) is 4.06. The number of carbonyl (C=O) groups excluding carboxylic acids is 1. The first-order chi connectivity index (χ1) is 14.1. The molecule has 29 heavy (non-hydrogen) atoms. The van der Waals surface area contributed by atoms with E-state index >= 15 is 0 Å². The average molecular weight is 398 g/mol. The predicted molar refractivity (Wildman–Crippen MR) is 105 cm³/mol. The van der Waals surface area contributed by atoms with Crippen LogP contribution < -0.4 is 15.9 Å². The quantitative estimate of drug-likeness (QED) is 0.431. The molecule has 152 valence electrons. The minimum atomic E-state index is -0.497. The van der Waals surface area contributed by atoms with E-state index in [1.165, 1.54) is 4.68 Å². The monoisotopic (exact) mass is 398 g/mol. The maximum absolute atomic E-state index is 12.7. The molecule has 0 aliphatic rings. The molecule has 0 saturated carbocycles. The number of hydrogen-bond acceptors (Lipinski definition) is 9. The Hall–Kier alpha value is -3.76. The topological polar surface area (TPSA) is 146 Å². The van der Waals surface area contributed by atoms with Crippen LogP contribution in [0.4, 0.5) is 5.82 Å². The normalized spacial score (nSPS) is 11.5. The van der Waals surface area contributed by atoms with Gasteiger partial charge in [0, 0.05) is 5.56 Å². The van der Waals surface area contributed by atoms with E-state index in [9.17, 15) is 4.79 Å². The number of benzene rings is 1. The molecule has 0 radical (unpaired) electrons. The summed E-state index contributed by atoms with van der Waals surface area (Å²) in [5, 5.41) is 19.4. The lowest BCUT2D eigenvalue weighted by molar-refractivity contribution is 0.0948. The fourth-order valence-corrected chi connectivity index (χ4v) is 2.74. The highest BCUT2D eigenvalue weighted by atomic mass is 16.6. The number of nitrogens with two attached hydrogens (primary N) is 1. The highest BCUT2D eigenvalue weighted by Crippen LogP contribution is 2.19. The van der Waals surface area contributed by atoms with Crippen molar-refractivity contribution < 1.29 is 14.2 Å². The summed E-state index contributed by atoms with van der Waals surface area (Å²) < 4.78 is 11.6. The number of anilines is 1. The largest absolute Gasteiger partial charge is 0.493 e. The molecule has 0 spiro atoms. The van der Waals surface area contributed by atoms with Crippen LogP contribution in [0.3, 0.4) is 0 Å². The van der Waals surface area contributed by atoms with E-state index < -0.39 is 5.91 Å². The predicted octanol–water partition coefficient (Wildman–Crippen LogP) is 1.74. The van der Waals surface area contributed by atoms with Crippen molar-refractivity contribution in [3.8, 4) is 11.6 Å². The van der Waals surface area contributed by atoms with Gasteiger partial charge in [-0.3, -0.25) is 4.79 Å². The van der Waals surface area contributed by atoms with Gasteiger partial charge in [-0.2, -0.15) is 9.78 Å². The summed E-state index contributed by atoms with van der Waals surface area (Å²) in [7, 11) is 0. The van der Waals surface area contributed by atoms with Crippen LogP contribution in [0.5, 0.6) is 5.75 Å². The fourth-order valence-electron chi connectivity index (χ4n) is 2.74. The standard InChI is InChI=1S/C18H22N8O3/c1-4-8-13-15(21-25-26(13)17-16(19)23-29-24-17)18(27)22-20-11(3)12-9-6-7-10-14(12)28-5-2/h6-7,9-10H,4-5,8H2,1-3H3,(H2,19,23)(H,22,27)/b20-11-. The molecule has 3 aromatic rings. The molecule has 11 nitrogen and oxygen atoms in total. The molecule has 1 aromatic carbocycles. The lowest BCUT2D eigenvalue weighted by atomic mass is 10.1. The number of nitrogen functional groups attached to an aromatic ring is 1. The highest BCUT2D eigenvalue weighted by Gasteiger charge is 2.23. The second kappa shape index (κ2) is 8.95. The van der Waals surface area contributed by atoms with Crippen molar-refractivity contribution in [3.63, 3.8) is 0 Å². The van der Waals surface area contributed by atoms with Crippen molar-refractivity contribution in [1.29, 1.82) is 0 Å². The summed E-state index contributed by atoms with van der Waals surface area (Å²) in [5.41, 5.74) is 10.3. The minimum absolute atomic E-state index is 0.0561. The first-order valence-corrected chi connectivity index (χ1v) is 9.16. The van der Waals surface area contributed by atoms with Gasteiger partial charge in [0.05, 0.1) is 18.0 Å². The maximum atomic E-state index is 12.7. The molecule has 0 saturated heterocycles. The lowest BCUT2D eigenvalue weighted by Gasteiger charge is -2.09. The molecule has 0 bridgehead atoms. The Morgan fingerprint density at radius 3 is 2.79 bits per heavy atom. The number of nitrogens with zero attached hydrogens (tertiary/aromatic N) is 6. The van der Waals surface area contributed by atoms with E-state index in [0.717, 1.165) is 12.0 Å². The number of para-hydroxylation sites is 1. The van der Waals surface area contributed by atoms with Gasteiger partial charge in [-0.15, -0.1) is 5.10 Å². The van der Waals surface area contributed by atoms with Gasteiger partial charge in [0.25, 0.3) is 5.91 Å². The number of aromatic nitrogens is 5. The van der Waals surface area contributed by atoms with E-state index in [-0.39, 0.29) is 17.3 Å². The van der Waals surface area contributed by atoms with E-state index in [1.807, 2.05) is 38.1 Å². The Bertz CT molecular complexity index is 1020. The Labute approximate surface area is 166 Å². The summed E-state index contributed by atoms with van der Waals surface area (Å²) in [6.07, 6.45) is 1.28. The van der Waals surface area contributed by atoms with Crippen LogP contribution in [-0.4, -0.2) is 43.5 Å². The zero-order valence-electron chi connectivity index (χ0n) is 16.4. The van der Waals surface area contributed by atoms with E-state index in [4.69, 9.17) is 10.5 Å². The first-order valence-electron chi connectivity index (χ1n) is 9.16. The Kier molecular flexibility index (Phi) is 6.17. The smallest absolute Gasteiger partial charge is 0.293 e. The van der Waals surface area contributed by atoms with Crippen LogP contribution in [0.25, 0.3) is 5.82 Å². The van der Waals surface area contributed by atoms with Gasteiger partial charge < -0.3 is 10.5 Å². The number of carbonyl (C=O) groups is 1. The third kappa shape index (κ3) is 4.23. The SMILES string of the molecule is CCCc1c(C(=O)N/N=C(/C)c2ccccc2OCC)nnn1-c1nonc1N. The molecule has 2 heterocycles. The van der Waals surface area contributed by atoms with Crippen LogP contribution in [-0.2, 0) is 6.42 Å². The van der Waals surface area contributed by atoms with Crippen LogP contribution in [0.15, 0.2) is 34.0 Å². The summed E-state index contributed by atoms with van der Waals surface area (Å²) in [6, 6.07) is 7.47. The van der Waals surface area contributed by atoms with Gasteiger partial charge in [0.2, 0.25) is 11.6 Å². The molecule has 0 fully saturated rings. The lowest BCUT2D eigenvalue weighted by Crippen LogP contribution is -2.22. The van der Waals surface area contributed by atoms with E-state index in [1.54, 1.807) is 6.92 Å². The first kappa shape index (κ1) is 20.0. The number of nitrogens with one attached hydrogen (secondary N) is 1. The molecular weight excluding hydrogens is 376 g/mol. The molecule has 0 unspecified atom stereocenters. The number of hydrazone groups is 1. The fraction of sp³-hybridized carbons (Fsp3) is 0.333. The molecule has 2 aromatic heterocycles. The van der Waals surface area contributed by atoms with Crippen molar-refractivity contribution in [1.82, 2.24) is 30.7 Å². The second-order valence-electron chi connectivity index (χ2n) is 6.09. The average Bonchev–Trinajstić information content (AvgIpc) is 3.32. The molecule has 0 aliphatic heterocycles. The summed E-state index contributed by atoms with van der Waals surface area (Å²) in [4.78, 5) is 12.7. The molecule has 0 aliphatic carbocycles. The summed E-state index contributed by atoms with van der Waals surface area (Å²) in [5.74, 6) is 0.436. The van der Waals surface area contributed by atoms with Crippen molar-refractivity contribution in [2.24, 2.45) is 5.10 Å². The molecule has 0 atom stereocenters. The zero-order chi connectivity index (χ0) is 20.8. The van der Waals surface area contributed by atoms with Gasteiger partial charge in [-0.25, -0.2) is 10.1 Å². The van der Waals surface area contributed by atoms with Gasteiger partial charge in [0.1, 0.15) is 5.75 Å². The van der Waals surface area contributed by atoms with Crippen LogP contribution in [0, 0.1) is 0 Å². The van der Waals surface area contributed by atoms with Gasteiger partial charge in [-0.05, 0) is 42.7 Å². The highest BCUT2D eigenvalue weighted by molar-refractivity contribution is 6.02. The summed E-state index contributed by atoms with van der Waals surface area (Å²) >= 11 is 0. The van der Waals surface area contributed by atoms with E-state index in [0.29, 0.717) is 30.2 Å². The van der Waals surface area contributed by atoms with Gasteiger partial charge in [0.15, 0.2) is 5.69 Å². The zero-order valence-corrected chi connectivity index (χ0v) is 16.4. The molecule has 3 rings (SSSR count). The van der Waals surface area contributed by atoms with Crippen molar-refractivity contribution in [2.45, 2.75) is 33.6 Å².